The van der Waals surface area contributed by atoms with Gasteiger partial charge < -0.3 is 9.47 Å². The second-order valence-corrected chi connectivity index (χ2v) is 2.30. The first-order valence-electron chi connectivity index (χ1n) is 3.74. The molecule has 1 aromatic carbocycles. The fourth-order valence-corrected chi connectivity index (χ4v) is 0.894. The predicted molar refractivity (Wildman–Crippen MR) is 48.6 cm³/mol. The van der Waals surface area contributed by atoms with Crippen LogP contribution >= 0.6 is 0 Å². The largest absolute Gasteiger partial charge is 0.497 e. The normalized spacial score (nSPS) is 9.00. The number of esters is 1. The molecule has 0 atom stereocenters. The summed E-state index contributed by atoms with van der Waals surface area (Å²) in [7, 11) is 1.54. The highest BCUT2D eigenvalue weighted by Crippen LogP contribution is 2.13. The maximum absolute atomic E-state index is 11.2. The molecule has 0 aliphatic heterocycles. The second kappa shape index (κ2) is 4.30. The summed E-state index contributed by atoms with van der Waals surface area (Å²) in [6.45, 7) is 3.29. The molecule has 0 spiro atoms. The lowest BCUT2D eigenvalue weighted by molar-refractivity contribution is 0.0664. The zero-order valence-corrected chi connectivity index (χ0v) is 7.32. The number of hydrogen-bond donors (Lipinski definition) is 0. The number of carbonyl (C=O) groups excluding carboxylic acids is 1. The predicted octanol–water partition coefficient (Wildman–Crippen LogP) is 2.00. The van der Waals surface area contributed by atoms with E-state index in [1.165, 1.54) is 7.11 Å². The van der Waals surface area contributed by atoms with E-state index in [1.807, 2.05) is 0 Å². The Bertz CT molecular complexity index is 318. The molecule has 68 valence electrons. The molecule has 1 rings (SSSR count). The van der Waals surface area contributed by atoms with E-state index in [9.17, 15) is 4.79 Å². The summed E-state index contributed by atoms with van der Waals surface area (Å²) in [5.41, 5.74) is 0.444. The van der Waals surface area contributed by atoms with Crippen LogP contribution in [0.5, 0.6) is 5.75 Å². The van der Waals surface area contributed by atoms with Crippen molar-refractivity contribution in [2.24, 2.45) is 0 Å². The third kappa shape index (κ3) is 2.33. The molecule has 0 saturated carbocycles. The Labute approximate surface area is 76.6 Å². The molecule has 0 aromatic heterocycles. The maximum atomic E-state index is 11.2. The SMILES string of the molecule is C=COC(=O)c1cccc(OC)c1. The minimum atomic E-state index is -0.436. The molecule has 0 heterocycles. The van der Waals surface area contributed by atoms with E-state index in [4.69, 9.17) is 4.74 Å². The average molecular weight is 178 g/mol. The molecule has 0 unspecified atom stereocenters. The van der Waals surface area contributed by atoms with Crippen molar-refractivity contribution in [3.05, 3.63) is 42.7 Å². The Morgan fingerprint density at radius 1 is 1.54 bits per heavy atom. The lowest BCUT2D eigenvalue weighted by Gasteiger charge is -2.01. The molecule has 0 amide bonds. The van der Waals surface area contributed by atoms with Crippen molar-refractivity contribution in [2.75, 3.05) is 7.11 Å². The van der Waals surface area contributed by atoms with E-state index in [-0.39, 0.29) is 0 Å². The quantitative estimate of drug-likeness (QED) is 0.524. The first kappa shape index (κ1) is 9.32. The fraction of sp³-hybridized carbons (Fsp3) is 0.100. The van der Waals surface area contributed by atoms with E-state index in [1.54, 1.807) is 24.3 Å². The Kier molecular flexibility index (Phi) is 3.09. The third-order valence-electron chi connectivity index (χ3n) is 1.50. The molecule has 0 N–H and O–H groups in total. The summed E-state index contributed by atoms with van der Waals surface area (Å²) in [6, 6.07) is 6.73. The van der Waals surface area contributed by atoms with Crippen LogP contribution < -0.4 is 4.74 Å². The van der Waals surface area contributed by atoms with Crippen LogP contribution in [0.3, 0.4) is 0 Å². The van der Waals surface area contributed by atoms with Crippen molar-refractivity contribution in [1.82, 2.24) is 0 Å². The Hall–Kier alpha value is -1.77. The molecular formula is C10H10O3. The van der Waals surface area contributed by atoms with Crippen molar-refractivity contribution < 1.29 is 14.3 Å². The number of carbonyl (C=O) groups is 1. The van der Waals surface area contributed by atoms with Gasteiger partial charge in [0.1, 0.15) is 5.75 Å². The Balaban J connectivity index is 2.87. The van der Waals surface area contributed by atoms with Crippen LogP contribution in [-0.4, -0.2) is 13.1 Å². The van der Waals surface area contributed by atoms with Gasteiger partial charge in [0.25, 0.3) is 0 Å². The molecule has 0 radical (unpaired) electrons. The first-order chi connectivity index (χ1) is 6.27. The van der Waals surface area contributed by atoms with Crippen molar-refractivity contribution in [3.63, 3.8) is 0 Å². The lowest BCUT2D eigenvalue weighted by atomic mass is 10.2. The summed E-state index contributed by atoms with van der Waals surface area (Å²) in [5.74, 6) is 0.187. The van der Waals surface area contributed by atoms with Gasteiger partial charge >= 0.3 is 5.97 Å². The number of ether oxygens (including phenoxy) is 2. The van der Waals surface area contributed by atoms with Crippen LogP contribution in [0.4, 0.5) is 0 Å². The zero-order chi connectivity index (χ0) is 9.68. The molecule has 1 aromatic rings. The smallest absolute Gasteiger partial charge is 0.343 e. The van der Waals surface area contributed by atoms with E-state index in [0.29, 0.717) is 11.3 Å². The monoisotopic (exact) mass is 178 g/mol. The number of rotatable bonds is 3. The summed E-state index contributed by atoms with van der Waals surface area (Å²) in [6.07, 6.45) is 1.10. The van der Waals surface area contributed by atoms with Gasteiger partial charge in [-0.1, -0.05) is 12.6 Å². The van der Waals surface area contributed by atoms with Crippen LogP contribution in [0.25, 0.3) is 0 Å². The van der Waals surface area contributed by atoms with Crippen LogP contribution in [-0.2, 0) is 4.74 Å². The first-order valence-corrected chi connectivity index (χ1v) is 3.74. The molecule has 0 fully saturated rings. The standard InChI is InChI=1S/C10H10O3/c1-3-13-10(11)8-5-4-6-9(7-8)12-2/h3-7H,1H2,2H3. The second-order valence-electron chi connectivity index (χ2n) is 2.30. The average Bonchev–Trinajstić information content (AvgIpc) is 2.18. The molecule has 0 aliphatic carbocycles. The Morgan fingerprint density at radius 2 is 2.31 bits per heavy atom. The molecule has 0 bridgehead atoms. The van der Waals surface area contributed by atoms with Gasteiger partial charge in [-0.15, -0.1) is 0 Å². The van der Waals surface area contributed by atoms with Crippen LogP contribution in [0.1, 0.15) is 10.4 Å². The summed E-state index contributed by atoms with van der Waals surface area (Å²) < 4.78 is 9.55. The van der Waals surface area contributed by atoms with Gasteiger partial charge in [-0.3, -0.25) is 0 Å². The summed E-state index contributed by atoms with van der Waals surface area (Å²) in [4.78, 5) is 11.2. The number of hydrogen-bond acceptors (Lipinski definition) is 3. The van der Waals surface area contributed by atoms with Crippen LogP contribution in [0.2, 0.25) is 0 Å². The topological polar surface area (TPSA) is 35.5 Å². The van der Waals surface area contributed by atoms with Gasteiger partial charge in [-0.25, -0.2) is 4.79 Å². The molecule has 3 nitrogen and oxygen atoms in total. The van der Waals surface area contributed by atoms with Crippen LogP contribution in [0, 0.1) is 0 Å². The van der Waals surface area contributed by atoms with E-state index in [2.05, 4.69) is 11.3 Å². The van der Waals surface area contributed by atoms with Crippen molar-refractivity contribution in [3.8, 4) is 5.75 Å². The molecule has 3 heteroatoms. The molecule has 0 saturated heterocycles. The van der Waals surface area contributed by atoms with E-state index >= 15 is 0 Å². The number of benzene rings is 1. The minimum Gasteiger partial charge on any atom is -0.497 e. The van der Waals surface area contributed by atoms with Crippen LogP contribution in [0.15, 0.2) is 37.1 Å². The zero-order valence-electron chi connectivity index (χ0n) is 7.32. The third-order valence-corrected chi connectivity index (χ3v) is 1.50. The minimum absolute atomic E-state index is 0.436. The summed E-state index contributed by atoms with van der Waals surface area (Å²) >= 11 is 0. The molecule has 0 aliphatic rings. The number of methoxy groups -OCH3 is 1. The van der Waals surface area contributed by atoms with Crippen molar-refractivity contribution >= 4 is 5.97 Å². The summed E-state index contributed by atoms with van der Waals surface area (Å²) in [5, 5.41) is 0. The van der Waals surface area contributed by atoms with Crippen molar-refractivity contribution in [2.45, 2.75) is 0 Å². The fourth-order valence-electron chi connectivity index (χ4n) is 0.894. The van der Waals surface area contributed by atoms with Gasteiger partial charge in [0, 0.05) is 0 Å². The Morgan fingerprint density at radius 3 is 2.92 bits per heavy atom. The highest BCUT2D eigenvalue weighted by atomic mass is 16.5. The van der Waals surface area contributed by atoms with Gasteiger partial charge in [0.2, 0.25) is 0 Å². The van der Waals surface area contributed by atoms with Gasteiger partial charge in [-0.2, -0.15) is 0 Å². The van der Waals surface area contributed by atoms with Gasteiger partial charge in [-0.05, 0) is 18.2 Å². The van der Waals surface area contributed by atoms with E-state index < -0.39 is 5.97 Å². The van der Waals surface area contributed by atoms with E-state index in [0.717, 1.165) is 6.26 Å². The lowest BCUT2D eigenvalue weighted by Crippen LogP contribution is -2.00. The van der Waals surface area contributed by atoms with Crippen molar-refractivity contribution in [1.29, 1.82) is 0 Å². The highest BCUT2D eigenvalue weighted by molar-refractivity contribution is 5.90. The van der Waals surface area contributed by atoms with Gasteiger partial charge in [0.05, 0.1) is 18.9 Å². The molecular weight excluding hydrogens is 168 g/mol. The van der Waals surface area contributed by atoms with Gasteiger partial charge in [0.15, 0.2) is 0 Å². The molecule has 13 heavy (non-hydrogen) atoms. The maximum Gasteiger partial charge on any atom is 0.343 e. The highest BCUT2D eigenvalue weighted by Gasteiger charge is 2.05.